The molecule has 0 fully saturated rings. The van der Waals surface area contributed by atoms with Gasteiger partial charge in [-0.1, -0.05) is 0 Å². The van der Waals surface area contributed by atoms with Crippen molar-refractivity contribution in [2.24, 2.45) is 0 Å². The zero-order chi connectivity index (χ0) is 12.1. The van der Waals surface area contributed by atoms with Crippen molar-refractivity contribution in [2.45, 2.75) is 52.1 Å². The summed E-state index contributed by atoms with van der Waals surface area (Å²) in [6, 6.07) is 0. The Hall–Kier alpha value is -0.870. The molecular formula is C10H19F2NO2. The maximum absolute atomic E-state index is 12.4. The molecule has 0 aromatic heterocycles. The van der Waals surface area contributed by atoms with Gasteiger partial charge in [0.2, 0.25) is 5.92 Å². The van der Waals surface area contributed by atoms with Gasteiger partial charge in [-0.05, 0) is 34.1 Å². The third-order valence-electron chi connectivity index (χ3n) is 1.46. The number of hydrogen-bond acceptors (Lipinski definition) is 2. The van der Waals surface area contributed by atoms with E-state index in [0.29, 0.717) is 0 Å². The van der Waals surface area contributed by atoms with E-state index in [1.807, 2.05) is 0 Å². The lowest BCUT2D eigenvalue weighted by atomic mass is 10.2. The van der Waals surface area contributed by atoms with Gasteiger partial charge < -0.3 is 10.1 Å². The molecule has 0 radical (unpaired) electrons. The fourth-order valence-corrected chi connectivity index (χ4v) is 0.903. The van der Waals surface area contributed by atoms with Crippen LogP contribution in [0.25, 0.3) is 0 Å². The molecule has 0 saturated heterocycles. The molecule has 0 aliphatic rings. The fourth-order valence-electron chi connectivity index (χ4n) is 0.903. The van der Waals surface area contributed by atoms with Gasteiger partial charge in [-0.25, -0.2) is 13.6 Å². The number of hydrogen-bond donors (Lipinski definition) is 1. The molecule has 5 heteroatoms. The van der Waals surface area contributed by atoms with Crippen molar-refractivity contribution in [2.75, 3.05) is 6.54 Å². The van der Waals surface area contributed by atoms with Gasteiger partial charge in [-0.3, -0.25) is 0 Å². The van der Waals surface area contributed by atoms with Gasteiger partial charge in [0, 0.05) is 13.0 Å². The van der Waals surface area contributed by atoms with Crippen LogP contribution in [0.15, 0.2) is 0 Å². The summed E-state index contributed by atoms with van der Waals surface area (Å²) >= 11 is 0. The quantitative estimate of drug-likeness (QED) is 0.744. The molecule has 0 atom stereocenters. The molecule has 1 amide bonds. The van der Waals surface area contributed by atoms with Crippen LogP contribution in [0.3, 0.4) is 0 Å². The van der Waals surface area contributed by atoms with Crippen LogP contribution in [0.2, 0.25) is 0 Å². The molecular weight excluding hydrogens is 204 g/mol. The van der Waals surface area contributed by atoms with Crippen molar-refractivity contribution in [3.63, 3.8) is 0 Å². The lowest BCUT2D eigenvalue weighted by Crippen LogP contribution is -2.33. The van der Waals surface area contributed by atoms with E-state index in [-0.39, 0.29) is 19.4 Å². The summed E-state index contributed by atoms with van der Waals surface area (Å²) in [7, 11) is 0. The number of halogens is 2. The molecule has 0 aromatic carbocycles. The van der Waals surface area contributed by atoms with Crippen molar-refractivity contribution >= 4 is 6.09 Å². The summed E-state index contributed by atoms with van der Waals surface area (Å²) in [5.41, 5.74) is -0.557. The number of alkyl carbamates (subject to hydrolysis) is 1. The van der Waals surface area contributed by atoms with Crippen LogP contribution >= 0.6 is 0 Å². The van der Waals surface area contributed by atoms with E-state index in [9.17, 15) is 13.6 Å². The van der Waals surface area contributed by atoms with Crippen molar-refractivity contribution in [3.8, 4) is 0 Å². The summed E-state index contributed by atoms with van der Waals surface area (Å²) in [5, 5.41) is 2.42. The highest BCUT2D eigenvalue weighted by Crippen LogP contribution is 2.17. The standard InChI is InChI=1S/C10H19F2NO2/c1-9(2,3)15-8(14)13-7-5-6-10(4,11)12/h5-7H2,1-4H3,(H,13,14). The Labute approximate surface area is 89.2 Å². The molecule has 0 bridgehead atoms. The Morgan fingerprint density at radius 2 is 1.80 bits per heavy atom. The molecule has 0 rings (SSSR count). The lowest BCUT2D eigenvalue weighted by molar-refractivity contribution is 0.0102. The predicted octanol–water partition coefficient (Wildman–Crippen LogP) is 2.95. The third kappa shape index (κ3) is 11.1. The largest absolute Gasteiger partial charge is 0.444 e. The molecule has 0 saturated carbocycles. The van der Waals surface area contributed by atoms with Crippen LogP contribution in [0.5, 0.6) is 0 Å². The van der Waals surface area contributed by atoms with E-state index in [4.69, 9.17) is 4.74 Å². The van der Waals surface area contributed by atoms with Crippen LogP contribution in [0.1, 0.15) is 40.5 Å². The van der Waals surface area contributed by atoms with E-state index in [0.717, 1.165) is 6.92 Å². The SMILES string of the molecule is CC(F)(F)CCCNC(=O)OC(C)(C)C. The first-order chi connectivity index (χ1) is 6.60. The van der Waals surface area contributed by atoms with E-state index < -0.39 is 17.6 Å². The second-order valence-electron chi connectivity index (χ2n) is 4.60. The van der Waals surface area contributed by atoms with E-state index >= 15 is 0 Å². The highest BCUT2D eigenvalue weighted by molar-refractivity contribution is 5.67. The lowest BCUT2D eigenvalue weighted by Gasteiger charge is -2.19. The molecule has 0 unspecified atom stereocenters. The van der Waals surface area contributed by atoms with Crippen molar-refractivity contribution in [1.29, 1.82) is 0 Å². The molecule has 0 aliphatic heterocycles. The first-order valence-corrected chi connectivity index (χ1v) is 4.95. The number of ether oxygens (including phenoxy) is 1. The highest BCUT2D eigenvalue weighted by Gasteiger charge is 2.20. The average molecular weight is 223 g/mol. The number of amides is 1. The Kier molecular flexibility index (Phi) is 4.97. The smallest absolute Gasteiger partial charge is 0.407 e. The molecule has 0 heterocycles. The summed E-state index contributed by atoms with van der Waals surface area (Å²) in [5.74, 6) is -2.67. The number of nitrogens with one attached hydrogen (secondary N) is 1. The second-order valence-corrected chi connectivity index (χ2v) is 4.60. The molecule has 15 heavy (non-hydrogen) atoms. The summed E-state index contributed by atoms with van der Waals surface area (Å²) in [6.07, 6.45) is -0.562. The third-order valence-corrected chi connectivity index (χ3v) is 1.46. The molecule has 0 aliphatic carbocycles. The second kappa shape index (κ2) is 5.28. The molecule has 3 nitrogen and oxygen atoms in total. The minimum Gasteiger partial charge on any atom is -0.444 e. The minimum absolute atomic E-state index is 0.207. The summed E-state index contributed by atoms with van der Waals surface area (Å²) in [4.78, 5) is 11.1. The van der Waals surface area contributed by atoms with Gasteiger partial charge >= 0.3 is 6.09 Å². The fraction of sp³-hybridized carbons (Fsp3) is 0.900. The topological polar surface area (TPSA) is 38.3 Å². The maximum atomic E-state index is 12.4. The van der Waals surface area contributed by atoms with Crippen LogP contribution in [-0.2, 0) is 4.74 Å². The number of alkyl halides is 2. The maximum Gasteiger partial charge on any atom is 0.407 e. The van der Waals surface area contributed by atoms with Gasteiger partial charge in [-0.2, -0.15) is 0 Å². The summed E-state index contributed by atoms with van der Waals surface area (Å²) in [6.45, 7) is 6.30. The van der Waals surface area contributed by atoms with Crippen LogP contribution in [0.4, 0.5) is 13.6 Å². The highest BCUT2D eigenvalue weighted by atomic mass is 19.3. The Morgan fingerprint density at radius 3 is 2.20 bits per heavy atom. The molecule has 0 spiro atoms. The number of rotatable bonds is 4. The van der Waals surface area contributed by atoms with Crippen LogP contribution in [-0.4, -0.2) is 24.2 Å². The van der Waals surface area contributed by atoms with Crippen molar-refractivity contribution in [1.82, 2.24) is 5.32 Å². The zero-order valence-electron chi connectivity index (χ0n) is 9.69. The van der Waals surface area contributed by atoms with E-state index in [2.05, 4.69) is 5.32 Å². The van der Waals surface area contributed by atoms with Crippen LogP contribution < -0.4 is 5.32 Å². The Balaban J connectivity index is 3.57. The predicted molar refractivity (Wildman–Crippen MR) is 54.1 cm³/mol. The minimum atomic E-state index is -2.67. The zero-order valence-corrected chi connectivity index (χ0v) is 9.69. The normalized spacial score (nSPS) is 12.4. The van der Waals surface area contributed by atoms with Gasteiger partial charge in [-0.15, -0.1) is 0 Å². The van der Waals surface area contributed by atoms with Crippen molar-refractivity contribution in [3.05, 3.63) is 0 Å². The monoisotopic (exact) mass is 223 g/mol. The molecule has 90 valence electrons. The van der Waals surface area contributed by atoms with E-state index in [1.165, 1.54) is 0 Å². The first kappa shape index (κ1) is 14.1. The van der Waals surface area contributed by atoms with Gasteiger partial charge in [0.15, 0.2) is 0 Å². The summed E-state index contributed by atoms with van der Waals surface area (Å²) < 4.78 is 29.7. The Bertz CT molecular complexity index is 206. The van der Waals surface area contributed by atoms with E-state index in [1.54, 1.807) is 20.8 Å². The molecule has 1 N–H and O–H groups in total. The van der Waals surface area contributed by atoms with Gasteiger partial charge in [0.05, 0.1) is 0 Å². The van der Waals surface area contributed by atoms with Crippen molar-refractivity contribution < 1.29 is 18.3 Å². The number of carbonyl (C=O) groups excluding carboxylic acids is 1. The first-order valence-electron chi connectivity index (χ1n) is 4.95. The van der Waals surface area contributed by atoms with Gasteiger partial charge in [0.1, 0.15) is 5.60 Å². The van der Waals surface area contributed by atoms with Crippen LogP contribution in [0, 0.1) is 0 Å². The average Bonchev–Trinajstić information content (AvgIpc) is 1.92. The number of carbonyl (C=O) groups is 1. The Morgan fingerprint density at radius 1 is 1.27 bits per heavy atom. The molecule has 0 aromatic rings. The van der Waals surface area contributed by atoms with Gasteiger partial charge in [0.25, 0.3) is 0 Å².